The minimum atomic E-state index is -3.85. The third-order valence-electron chi connectivity index (χ3n) is 6.80. The predicted octanol–water partition coefficient (Wildman–Crippen LogP) is 8.19. The molecule has 2 aromatic heterocycles. The molecule has 4 aromatic rings. The maximum absolute atomic E-state index is 14.0. The van der Waals surface area contributed by atoms with Gasteiger partial charge in [0.15, 0.2) is 28.3 Å². The lowest BCUT2D eigenvalue weighted by Gasteiger charge is -2.33. The van der Waals surface area contributed by atoms with E-state index >= 15 is 0 Å². The Kier molecular flexibility index (Phi) is 13.3. The fourth-order valence-electron chi connectivity index (χ4n) is 4.65. The number of ether oxygens (including phenoxy) is 2. The molecule has 0 saturated heterocycles. The first kappa shape index (κ1) is 41.0. The van der Waals surface area contributed by atoms with Gasteiger partial charge in [0.2, 0.25) is 5.91 Å². The highest BCUT2D eigenvalue weighted by molar-refractivity contribution is 7.48. The fourth-order valence-corrected chi connectivity index (χ4v) is 7.43. The SMILES string of the molecule is COc1cc2c(Nc3ncc(CC(=O)Nc4cccc(F)c4F)s3)ncnc2cc1OCCCNC(C)(C)COP(=O)(OC(C)(C)C)OC(C)(C)C. The number of nitrogens with zero attached hydrogens (tertiary/aromatic N) is 3. The molecule has 0 aliphatic heterocycles. The Morgan fingerprint density at radius 3 is 2.35 bits per heavy atom. The van der Waals surface area contributed by atoms with Crippen LogP contribution in [0.3, 0.4) is 0 Å². The highest BCUT2D eigenvalue weighted by Crippen LogP contribution is 2.55. The number of rotatable bonds is 17. The van der Waals surface area contributed by atoms with E-state index in [0.717, 1.165) is 6.07 Å². The van der Waals surface area contributed by atoms with Crippen molar-refractivity contribution in [2.45, 2.75) is 85.0 Å². The van der Waals surface area contributed by atoms with Gasteiger partial charge < -0.3 is 25.4 Å². The van der Waals surface area contributed by atoms with Crippen LogP contribution in [0.2, 0.25) is 0 Å². The van der Waals surface area contributed by atoms with Crippen molar-refractivity contribution in [3.05, 3.63) is 59.4 Å². The molecule has 13 nitrogen and oxygen atoms in total. The van der Waals surface area contributed by atoms with Crippen molar-refractivity contribution < 1.29 is 41.2 Å². The normalized spacial score (nSPS) is 12.6. The summed E-state index contributed by atoms with van der Waals surface area (Å²) in [4.78, 5) is 26.2. The predicted molar refractivity (Wildman–Crippen MR) is 198 cm³/mol. The Morgan fingerprint density at radius 2 is 1.67 bits per heavy atom. The van der Waals surface area contributed by atoms with Crippen molar-refractivity contribution >= 4 is 52.6 Å². The number of thiazole rings is 1. The van der Waals surface area contributed by atoms with Crippen molar-refractivity contribution in [3.63, 3.8) is 0 Å². The van der Waals surface area contributed by atoms with E-state index in [1.807, 2.05) is 13.8 Å². The number of carbonyl (C=O) groups excluding carboxylic acids is 1. The van der Waals surface area contributed by atoms with Crippen molar-refractivity contribution in [1.29, 1.82) is 0 Å². The van der Waals surface area contributed by atoms with Crippen LogP contribution in [0.25, 0.3) is 10.9 Å². The molecule has 0 spiro atoms. The molecule has 4 rings (SSSR count). The number of benzene rings is 2. The third kappa shape index (κ3) is 12.4. The van der Waals surface area contributed by atoms with Crippen molar-refractivity contribution in [3.8, 4) is 11.5 Å². The zero-order valence-corrected chi connectivity index (χ0v) is 32.6. The van der Waals surface area contributed by atoms with Gasteiger partial charge in [-0.15, -0.1) is 11.3 Å². The average Bonchev–Trinajstić information content (AvgIpc) is 3.46. The number of carbonyl (C=O) groups is 1. The molecule has 0 atom stereocenters. The van der Waals surface area contributed by atoms with Crippen LogP contribution in [0.15, 0.2) is 42.9 Å². The first-order valence-corrected chi connectivity index (χ1v) is 18.8. The molecule has 2 aromatic carbocycles. The molecule has 0 radical (unpaired) electrons. The van der Waals surface area contributed by atoms with E-state index in [9.17, 15) is 18.1 Å². The van der Waals surface area contributed by atoms with Crippen molar-refractivity contribution in [2.75, 3.05) is 37.5 Å². The van der Waals surface area contributed by atoms with Crippen molar-refractivity contribution in [2.24, 2.45) is 0 Å². The van der Waals surface area contributed by atoms with Crippen LogP contribution >= 0.6 is 19.2 Å². The topological polar surface area (TPSA) is 155 Å². The van der Waals surface area contributed by atoms with Crippen LogP contribution < -0.4 is 25.4 Å². The van der Waals surface area contributed by atoms with E-state index in [0.29, 0.717) is 57.8 Å². The minimum absolute atomic E-state index is 0.0846. The average molecular weight is 765 g/mol. The summed E-state index contributed by atoms with van der Waals surface area (Å²) in [5.74, 6) is -1.25. The molecule has 0 bridgehead atoms. The number of amides is 1. The van der Waals surface area contributed by atoms with Crippen molar-refractivity contribution in [1.82, 2.24) is 20.3 Å². The van der Waals surface area contributed by atoms with E-state index in [-0.39, 0.29) is 18.7 Å². The summed E-state index contributed by atoms with van der Waals surface area (Å²) in [6.45, 7) is 15.6. The van der Waals surface area contributed by atoms with Gasteiger partial charge >= 0.3 is 7.82 Å². The molecule has 52 heavy (non-hydrogen) atoms. The number of hydrogen-bond donors (Lipinski definition) is 3. The van der Waals surface area contributed by atoms with E-state index in [4.69, 9.17) is 23.0 Å². The first-order chi connectivity index (χ1) is 24.2. The maximum Gasteiger partial charge on any atom is 0.475 e. The van der Waals surface area contributed by atoms with Gasteiger partial charge in [-0.25, -0.2) is 28.3 Å². The molecule has 1 amide bonds. The van der Waals surface area contributed by atoms with Crippen LogP contribution in [0, 0.1) is 11.6 Å². The Hall–Kier alpha value is -3.79. The largest absolute Gasteiger partial charge is 0.493 e. The van der Waals surface area contributed by atoms with E-state index in [2.05, 4.69) is 30.9 Å². The number of methoxy groups -OCH3 is 1. The molecule has 0 unspecified atom stereocenters. The van der Waals surface area contributed by atoms with Crippen LogP contribution in [-0.4, -0.2) is 64.5 Å². The molecular weight excluding hydrogens is 717 g/mol. The number of halogens is 2. The molecule has 0 aliphatic rings. The minimum Gasteiger partial charge on any atom is -0.493 e. The lowest BCUT2D eigenvalue weighted by molar-refractivity contribution is -0.115. The summed E-state index contributed by atoms with van der Waals surface area (Å²) in [7, 11) is -2.31. The highest BCUT2D eigenvalue weighted by atomic mass is 32.1. The molecule has 0 saturated carbocycles. The molecule has 3 N–H and O–H groups in total. The molecular formula is C35H47F2N6O7PS. The van der Waals surface area contributed by atoms with Crippen LogP contribution in [0.4, 0.5) is 25.4 Å². The fraction of sp³-hybridized carbons (Fsp3) is 0.486. The Labute approximate surface area is 306 Å². The van der Waals surface area contributed by atoms with Crippen LogP contribution in [0.5, 0.6) is 11.5 Å². The molecule has 0 aliphatic carbocycles. The second-order valence-electron chi connectivity index (χ2n) is 14.5. The third-order valence-corrected chi connectivity index (χ3v) is 9.70. The maximum atomic E-state index is 14.0. The van der Waals surface area contributed by atoms with Gasteiger partial charge in [0.05, 0.1) is 49.2 Å². The van der Waals surface area contributed by atoms with Gasteiger partial charge in [-0.05, 0) is 86.6 Å². The summed E-state index contributed by atoms with van der Waals surface area (Å²) in [5, 5.41) is 10.1. The Morgan fingerprint density at radius 1 is 0.962 bits per heavy atom. The van der Waals surface area contributed by atoms with Gasteiger partial charge in [-0.1, -0.05) is 6.07 Å². The highest BCUT2D eigenvalue weighted by Gasteiger charge is 2.38. The summed E-state index contributed by atoms with van der Waals surface area (Å²) in [5.41, 5.74) is -1.64. The van der Waals surface area contributed by atoms with Gasteiger partial charge in [-0.2, -0.15) is 0 Å². The van der Waals surface area contributed by atoms with Crippen LogP contribution in [0.1, 0.15) is 66.7 Å². The number of anilines is 3. The van der Waals surface area contributed by atoms with E-state index < -0.39 is 42.1 Å². The van der Waals surface area contributed by atoms with Gasteiger partial charge in [0, 0.05) is 28.1 Å². The standard InChI is InChI=1S/C35H47F2N6O7PS/c1-33(2,3)49-51(45,50-34(4,5)6)48-20-35(7,8)41-14-11-15-47-28-18-26-23(17-27(28)46-9)31(40-21-39-26)43-32-38-19-22(52-32)16-29(44)42-25-13-10-12-24(36)30(25)37/h10,12-13,17-19,21,41H,11,14-16,20H2,1-9H3,(H,42,44)(H,38,39,40,43). The van der Waals surface area contributed by atoms with Crippen LogP contribution in [-0.2, 0) is 29.4 Å². The molecule has 2 heterocycles. The summed E-state index contributed by atoms with van der Waals surface area (Å²) in [6.07, 6.45) is 3.48. The molecule has 17 heteroatoms. The summed E-state index contributed by atoms with van der Waals surface area (Å²) >= 11 is 1.21. The quantitative estimate of drug-likeness (QED) is 0.0701. The summed E-state index contributed by atoms with van der Waals surface area (Å²) in [6, 6.07) is 7.10. The number of phosphoric acid groups is 1. The Bertz CT molecular complexity index is 1880. The molecule has 284 valence electrons. The number of fused-ring (bicyclic) bond motifs is 1. The first-order valence-electron chi connectivity index (χ1n) is 16.6. The zero-order valence-electron chi connectivity index (χ0n) is 30.9. The number of aromatic nitrogens is 3. The lowest BCUT2D eigenvalue weighted by Crippen LogP contribution is -2.44. The smallest absolute Gasteiger partial charge is 0.475 e. The summed E-state index contributed by atoms with van der Waals surface area (Å²) < 4.78 is 69.8. The Balaban J connectivity index is 1.32. The number of hydrogen-bond acceptors (Lipinski definition) is 13. The number of nitrogens with one attached hydrogen (secondary N) is 3. The molecule has 0 fully saturated rings. The lowest BCUT2D eigenvalue weighted by atomic mass is 10.1. The second-order valence-corrected chi connectivity index (χ2v) is 17.1. The van der Waals surface area contributed by atoms with Gasteiger partial charge in [0.25, 0.3) is 0 Å². The number of phosphoric ester groups is 1. The van der Waals surface area contributed by atoms with Gasteiger partial charge in [0.1, 0.15) is 12.1 Å². The van der Waals surface area contributed by atoms with E-state index in [1.165, 1.54) is 43.1 Å². The monoisotopic (exact) mass is 764 g/mol. The van der Waals surface area contributed by atoms with E-state index in [1.54, 1.807) is 53.7 Å². The van der Waals surface area contributed by atoms with Gasteiger partial charge in [-0.3, -0.25) is 18.4 Å². The second kappa shape index (κ2) is 16.9. The zero-order chi connectivity index (χ0) is 38.3.